The second kappa shape index (κ2) is 9.04. The van der Waals surface area contributed by atoms with Gasteiger partial charge in [0.25, 0.3) is 0 Å². The van der Waals surface area contributed by atoms with Gasteiger partial charge in [-0.25, -0.2) is 0 Å². The third kappa shape index (κ3) is 3.67. The maximum absolute atomic E-state index is 16.0. The molecule has 0 radical (unpaired) electrons. The molecule has 37 heavy (non-hydrogen) atoms. The highest BCUT2D eigenvalue weighted by atomic mass is 19.2. The Labute approximate surface area is 216 Å². The molecule has 0 spiro atoms. The van der Waals surface area contributed by atoms with Crippen molar-refractivity contribution in [3.63, 3.8) is 0 Å². The van der Waals surface area contributed by atoms with Crippen LogP contribution in [0.2, 0.25) is 0 Å². The molecule has 0 fully saturated rings. The van der Waals surface area contributed by atoms with E-state index in [0.717, 1.165) is 28.2 Å². The normalized spacial score (nSPS) is 15.7. The molecule has 2 aliphatic rings. The van der Waals surface area contributed by atoms with Gasteiger partial charge in [0.05, 0.1) is 5.57 Å². The molecular weight excluding hydrogens is 463 g/mol. The largest absolute Gasteiger partial charge is 0.737 e. The third-order valence-corrected chi connectivity index (χ3v) is 7.31. The average Bonchev–Trinajstić information content (AvgIpc) is 3.57. The van der Waals surface area contributed by atoms with Crippen LogP contribution in [0.15, 0.2) is 115 Å². The molecule has 1 aromatic heterocycles. The summed E-state index contributed by atoms with van der Waals surface area (Å²) in [7, 11) is 0. The predicted octanol–water partition coefficient (Wildman–Crippen LogP) is 7.95. The molecular formula is C31H28BF2N3. The van der Waals surface area contributed by atoms with E-state index >= 15 is 8.63 Å². The number of fused-ring (bicyclic) bond motifs is 2. The molecule has 184 valence electrons. The van der Waals surface area contributed by atoms with E-state index in [4.69, 9.17) is 0 Å². The lowest BCUT2D eigenvalue weighted by molar-refractivity contribution is -0.362. The zero-order valence-corrected chi connectivity index (χ0v) is 21.0. The standard InChI is InChI=1S/C31H28BF2N3/c1-3-24-19-21-29-31(30-22-20-25(4-2)37(30)32(33,34)36(24)29)23-15-17-28(18-16-23)35(26-11-7-5-8-12-26)27-13-9-6-10-14-27/h5-22H,3-4H2,1-2H3. The Morgan fingerprint density at radius 1 is 0.703 bits per heavy atom. The van der Waals surface area contributed by atoms with E-state index in [0.29, 0.717) is 35.6 Å². The van der Waals surface area contributed by atoms with E-state index in [1.54, 1.807) is 0 Å². The highest BCUT2D eigenvalue weighted by Crippen LogP contribution is 2.42. The van der Waals surface area contributed by atoms with Gasteiger partial charge in [-0.1, -0.05) is 62.4 Å². The van der Waals surface area contributed by atoms with Gasteiger partial charge in [-0.15, -0.1) is 0 Å². The molecule has 0 bridgehead atoms. The van der Waals surface area contributed by atoms with Crippen molar-refractivity contribution in [3.05, 3.63) is 132 Å². The van der Waals surface area contributed by atoms with Crippen molar-refractivity contribution in [1.29, 1.82) is 0 Å². The first-order valence-corrected chi connectivity index (χ1v) is 12.9. The molecule has 0 N–H and O–H groups in total. The van der Waals surface area contributed by atoms with Crippen molar-refractivity contribution in [2.45, 2.75) is 26.7 Å². The Bertz CT molecular complexity index is 1510. The summed E-state index contributed by atoms with van der Waals surface area (Å²) in [6.45, 7) is -0.107. The second-order valence-corrected chi connectivity index (χ2v) is 9.38. The van der Waals surface area contributed by atoms with Gasteiger partial charge in [-0.2, -0.15) is 0 Å². The lowest BCUT2D eigenvalue weighted by Gasteiger charge is -2.33. The van der Waals surface area contributed by atoms with Crippen LogP contribution in [-0.4, -0.2) is 21.6 Å². The van der Waals surface area contributed by atoms with E-state index in [-0.39, 0.29) is 0 Å². The first kappa shape index (κ1) is 23.2. The Morgan fingerprint density at radius 2 is 1.30 bits per heavy atom. The van der Waals surface area contributed by atoms with Crippen LogP contribution in [0.3, 0.4) is 0 Å². The minimum atomic E-state index is -3.96. The molecule has 4 aromatic rings. The van der Waals surface area contributed by atoms with Gasteiger partial charge in [-0.05, 0) is 66.2 Å². The lowest BCUT2D eigenvalue weighted by atomic mass is 9.85. The molecule has 2 aliphatic heterocycles. The van der Waals surface area contributed by atoms with E-state index in [1.807, 2.05) is 86.7 Å². The van der Waals surface area contributed by atoms with E-state index in [9.17, 15) is 0 Å². The Balaban J connectivity index is 1.51. The molecule has 0 saturated heterocycles. The Kier molecular flexibility index (Phi) is 5.67. The van der Waals surface area contributed by atoms with Gasteiger partial charge < -0.3 is 22.5 Å². The summed E-state index contributed by atoms with van der Waals surface area (Å²) < 4.78 is 34.5. The molecule has 3 heterocycles. The predicted molar refractivity (Wildman–Crippen MR) is 149 cm³/mol. The lowest BCUT2D eigenvalue weighted by Crippen LogP contribution is -2.51. The van der Waals surface area contributed by atoms with Crippen LogP contribution in [0.4, 0.5) is 25.7 Å². The maximum Gasteiger partial charge on any atom is 0.737 e. The van der Waals surface area contributed by atoms with Crippen LogP contribution in [0.25, 0.3) is 5.57 Å². The van der Waals surface area contributed by atoms with E-state index < -0.39 is 6.97 Å². The van der Waals surface area contributed by atoms with Crippen LogP contribution in [0, 0.1) is 0 Å². The maximum atomic E-state index is 16.0. The number of rotatable bonds is 6. The van der Waals surface area contributed by atoms with Gasteiger partial charge in [0, 0.05) is 41.3 Å². The highest BCUT2D eigenvalue weighted by Gasteiger charge is 2.54. The monoisotopic (exact) mass is 491 g/mol. The summed E-state index contributed by atoms with van der Waals surface area (Å²) in [6, 6.07) is 32.4. The fourth-order valence-corrected chi connectivity index (χ4v) is 5.62. The first-order valence-electron chi connectivity index (χ1n) is 12.9. The quantitative estimate of drug-likeness (QED) is 0.249. The average molecular weight is 491 g/mol. The Hall–Kier alpha value is -4.19. The molecule has 6 heteroatoms. The molecule has 0 unspecified atom stereocenters. The van der Waals surface area contributed by atoms with Crippen LogP contribution in [0.1, 0.15) is 37.2 Å². The van der Waals surface area contributed by atoms with Crippen LogP contribution < -0.4 is 4.90 Å². The van der Waals surface area contributed by atoms with Gasteiger partial charge in [-0.3, -0.25) is 0 Å². The SMILES string of the molecule is CCC1=[N+]2C(=C(c3ccc(N(c4ccccc4)c4ccccc4)cc3)c3ccc(CC)n3[B-]2(F)F)C=C1. The number of allylic oxidation sites excluding steroid dienone is 2. The molecule has 6 rings (SSSR count). The molecule has 0 atom stereocenters. The van der Waals surface area contributed by atoms with Gasteiger partial charge >= 0.3 is 6.97 Å². The fraction of sp³-hybridized carbons (Fsp3) is 0.129. The number of aromatic nitrogens is 1. The van der Waals surface area contributed by atoms with Gasteiger partial charge in [0.15, 0.2) is 5.70 Å². The summed E-state index contributed by atoms with van der Waals surface area (Å²) in [4.78, 5) is 2.20. The number of hydrogen-bond donors (Lipinski definition) is 0. The van der Waals surface area contributed by atoms with Crippen molar-refractivity contribution >= 4 is 35.3 Å². The number of nitrogens with zero attached hydrogens (tertiary/aromatic N) is 3. The van der Waals surface area contributed by atoms with Gasteiger partial charge in [0.2, 0.25) is 0 Å². The van der Waals surface area contributed by atoms with Crippen molar-refractivity contribution in [2.75, 3.05) is 4.90 Å². The minimum absolute atomic E-state index is 0.546. The number of para-hydroxylation sites is 2. The Morgan fingerprint density at radius 3 is 1.86 bits per heavy atom. The minimum Gasteiger partial charge on any atom is -0.393 e. The molecule has 3 nitrogen and oxygen atoms in total. The van der Waals surface area contributed by atoms with Gasteiger partial charge in [0.1, 0.15) is 5.71 Å². The fourth-order valence-electron chi connectivity index (χ4n) is 5.62. The van der Waals surface area contributed by atoms with Crippen molar-refractivity contribution in [1.82, 2.24) is 4.48 Å². The number of hydrogen-bond acceptors (Lipinski definition) is 1. The molecule has 3 aromatic carbocycles. The summed E-state index contributed by atoms with van der Waals surface area (Å²) in [5.74, 6) is 0. The summed E-state index contributed by atoms with van der Waals surface area (Å²) in [5, 5.41) is 0. The van der Waals surface area contributed by atoms with Crippen LogP contribution in [0.5, 0.6) is 0 Å². The zero-order chi connectivity index (χ0) is 25.6. The van der Waals surface area contributed by atoms with Crippen molar-refractivity contribution in [2.24, 2.45) is 0 Å². The molecule has 0 aliphatic carbocycles. The number of aryl methyl sites for hydroxylation is 1. The summed E-state index contributed by atoms with van der Waals surface area (Å²) in [5.41, 5.74) is 7.31. The number of anilines is 3. The third-order valence-electron chi connectivity index (χ3n) is 7.31. The summed E-state index contributed by atoms with van der Waals surface area (Å²) in [6.07, 6.45) is 4.78. The first-order chi connectivity index (χ1) is 18.0. The van der Waals surface area contributed by atoms with E-state index in [2.05, 4.69) is 41.3 Å². The number of benzene rings is 3. The van der Waals surface area contributed by atoms with Crippen LogP contribution >= 0.6 is 0 Å². The van der Waals surface area contributed by atoms with Crippen molar-refractivity contribution in [3.8, 4) is 0 Å². The zero-order valence-electron chi connectivity index (χ0n) is 21.0. The van der Waals surface area contributed by atoms with E-state index in [1.165, 1.54) is 8.96 Å². The molecule has 0 amide bonds. The highest BCUT2D eigenvalue weighted by molar-refractivity contribution is 6.58. The van der Waals surface area contributed by atoms with Crippen molar-refractivity contribution < 1.29 is 13.1 Å². The number of halogens is 2. The van der Waals surface area contributed by atoms with Crippen LogP contribution in [-0.2, 0) is 6.42 Å². The second-order valence-electron chi connectivity index (χ2n) is 9.38. The summed E-state index contributed by atoms with van der Waals surface area (Å²) >= 11 is 0. The smallest absolute Gasteiger partial charge is 0.393 e. The topological polar surface area (TPSA) is 11.2 Å². The molecule has 0 saturated carbocycles.